The lowest BCUT2D eigenvalue weighted by atomic mass is 10.0. The van der Waals surface area contributed by atoms with Crippen LogP contribution in [0.5, 0.6) is 5.75 Å². The first-order valence-corrected chi connectivity index (χ1v) is 10.8. The molecule has 0 saturated heterocycles. The highest BCUT2D eigenvalue weighted by molar-refractivity contribution is 6.30. The first-order valence-electron chi connectivity index (χ1n) is 10.4. The molecule has 3 aromatic carbocycles. The van der Waals surface area contributed by atoms with Gasteiger partial charge in [0.2, 0.25) is 0 Å². The van der Waals surface area contributed by atoms with E-state index in [9.17, 15) is 0 Å². The van der Waals surface area contributed by atoms with E-state index in [1.165, 1.54) is 11.1 Å². The largest absolute Gasteiger partial charge is 0.496 e. The van der Waals surface area contributed by atoms with Crippen LogP contribution in [-0.4, -0.2) is 13.1 Å². The Balaban J connectivity index is 1.70. The van der Waals surface area contributed by atoms with Gasteiger partial charge >= 0.3 is 0 Å². The van der Waals surface area contributed by atoms with Crippen molar-refractivity contribution in [2.45, 2.75) is 26.4 Å². The highest BCUT2D eigenvalue weighted by Crippen LogP contribution is 2.34. The first kappa shape index (κ1) is 21.8. The molecule has 4 aromatic rings. The van der Waals surface area contributed by atoms with E-state index in [2.05, 4.69) is 42.4 Å². The number of hydrogen-bond donors (Lipinski definition) is 2. The Kier molecular flexibility index (Phi) is 6.37. The van der Waals surface area contributed by atoms with Crippen molar-refractivity contribution in [3.63, 3.8) is 0 Å². The number of furan rings is 1. The Morgan fingerprint density at radius 1 is 1.09 bits per heavy atom. The molecule has 0 amide bonds. The van der Waals surface area contributed by atoms with E-state index >= 15 is 0 Å². The van der Waals surface area contributed by atoms with E-state index in [0.29, 0.717) is 29.0 Å². The van der Waals surface area contributed by atoms with Gasteiger partial charge in [-0.3, -0.25) is 0 Å². The van der Waals surface area contributed by atoms with Crippen molar-refractivity contribution in [2.24, 2.45) is 10.7 Å². The second kappa shape index (κ2) is 9.37. The number of aliphatic imine (C=N–C) groups is 1. The molecule has 32 heavy (non-hydrogen) atoms. The van der Waals surface area contributed by atoms with Gasteiger partial charge in [-0.05, 0) is 55.3 Å². The summed E-state index contributed by atoms with van der Waals surface area (Å²) in [6, 6.07) is 21.2. The maximum absolute atomic E-state index is 6.32. The lowest BCUT2D eigenvalue weighted by molar-refractivity contribution is 0.401. The molecule has 4 rings (SSSR count). The summed E-state index contributed by atoms with van der Waals surface area (Å²) in [4.78, 5) is 4.58. The minimum Gasteiger partial charge on any atom is -0.496 e. The van der Waals surface area contributed by atoms with Gasteiger partial charge in [0.15, 0.2) is 5.96 Å². The van der Waals surface area contributed by atoms with Gasteiger partial charge in [0.05, 0.1) is 13.7 Å². The predicted octanol–water partition coefficient (Wildman–Crippen LogP) is 5.91. The van der Waals surface area contributed by atoms with E-state index in [1.807, 2.05) is 42.5 Å². The number of methoxy groups -OCH3 is 1. The average molecular weight is 448 g/mol. The predicted molar refractivity (Wildman–Crippen MR) is 130 cm³/mol. The zero-order valence-corrected chi connectivity index (χ0v) is 19.1. The number of hydrogen-bond acceptors (Lipinski definition) is 3. The maximum Gasteiger partial charge on any atom is 0.189 e. The van der Waals surface area contributed by atoms with Crippen LogP contribution < -0.4 is 15.8 Å². The third kappa shape index (κ3) is 4.73. The average Bonchev–Trinajstić information content (AvgIpc) is 3.21. The zero-order valence-electron chi connectivity index (χ0n) is 18.4. The molecular weight excluding hydrogens is 422 g/mol. The van der Waals surface area contributed by atoms with E-state index in [-0.39, 0.29) is 0 Å². The molecule has 1 heterocycles. The molecule has 0 saturated carbocycles. The second-order valence-electron chi connectivity index (χ2n) is 7.78. The minimum absolute atomic E-state index is 0.303. The van der Waals surface area contributed by atoms with Crippen LogP contribution in [0.2, 0.25) is 5.02 Å². The van der Waals surface area contributed by atoms with E-state index < -0.39 is 6.04 Å². The zero-order chi connectivity index (χ0) is 22.7. The molecule has 0 spiro atoms. The minimum atomic E-state index is -0.432. The van der Waals surface area contributed by atoms with Gasteiger partial charge in [-0.1, -0.05) is 53.6 Å². The maximum atomic E-state index is 6.32. The van der Waals surface area contributed by atoms with Gasteiger partial charge in [-0.2, -0.15) is 0 Å². The lowest BCUT2D eigenvalue weighted by Gasteiger charge is -2.20. The number of halogens is 1. The fourth-order valence-corrected chi connectivity index (χ4v) is 3.95. The van der Waals surface area contributed by atoms with Crippen LogP contribution in [0.15, 0.2) is 76.1 Å². The monoisotopic (exact) mass is 447 g/mol. The quantitative estimate of drug-likeness (QED) is 0.285. The third-order valence-electron chi connectivity index (χ3n) is 5.44. The van der Waals surface area contributed by atoms with Gasteiger partial charge in [-0.15, -0.1) is 0 Å². The molecular formula is C26H26ClN3O2. The molecule has 0 aliphatic carbocycles. The van der Waals surface area contributed by atoms with Gasteiger partial charge in [0, 0.05) is 16.0 Å². The fourth-order valence-electron chi connectivity index (χ4n) is 3.76. The van der Waals surface area contributed by atoms with Crippen LogP contribution >= 0.6 is 11.6 Å². The van der Waals surface area contributed by atoms with Crippen LogP contribution in [0.3, 0.4) is 0 Å². The van der Waals surface area contributed by atoms with Crippen molar-refractivity contribution in [3.8, 4) is 5.75 Å². The van der Waals surface area contributed by atoms with Crippen LogP contribution in [0, 0.1) is 13.8 Å². The van der Waals surface area contributed by atoms with Gasteiger partial charge < -0.3 is 20.2 Å². The molecule has 164 valence electrons. The number of para-hydroxylation sites is 1. The van der Waals surface area contributed by atoms with E-state index in [1.54, 1.807) is 13.2 Å². The molecule has 3 N–H and O–H groups in total. The summed E-state index contributed by atoms with van der Waals surface area (Å²) in [5.74, 6) is 1.67. The lowest BCUT2D eigenvalue weighted by Crippen LogP contribution is -2.35. The summed E-state index contributed by atoms with van der Waals surface area (Å²) in [6.07, 6.45) is 0. The molecule has 1 atom stereocenters. The summed E-state index contributed by atoms with van der Waals surface area (Å²) < 4.78 is 11.7. The molecule has 0 aliphatic heterocycles. The summed E-state index contributed by atoms with van der Waals surface area (Å²) in [5, 5.41) is 4.90. The molecule has 0 fully saturated rings. The number of nitrogens with one attached hydrogen (secondary N) is 1. The van der Waals surface area contributed by atoms with Crippen LogP contribution in [0.25, 0.3) is 11.0 Å². The van der Waals surface area contributed by atoms with Gasteiger partial charge in [0.1, 0.15) is 23.1 Å². The number of aryl methyl sites for hydroxylation is 2. The van der Waals surface area contributed by atoms with Gasteiger partial charge in [-0.25, -0.2) is 4.99 Å². The Morgan fingerprint density at radius 3 is 2.66 bits per heavy atom. The Morgan fingerprint density at radius 2 is 1.91 bits per heavy atom. The van der Waals surface area contributed by atoms with Crippen LogP contribution in [-0.2, 0) is 6.54 Å². The molecule has 5 nitrogen and oxygen atoms in total. The highest BCUT2D eigenvalue weighted by atomic mass is 35.5. The van der Waals surface area contributed by atoms with Crippen LogP contribution in [0.4, 0.5) is 0 Å². The Labute approximate surface area is 192 Å². The number of nitrogens with zero attached hydrogens (tertiary/aromatic N) is 1. The van der Waals surface area contributed by atoms with Crippen molar-refractivity contribution in [1.82, 2.24) is 5.32 Å². The standard InChI is InChI=1S/C26H26ClN3O2/c1-16-8-9-19(17(2)12-16)15-29-26(28)30-25(21-14-20(27)10-11-23(21)31-3)24-13-18-6-4-5-7-22(18)32-24/h4-14,25H,15H2,1-3H3,(H3,28,29,30). The van der Waals surface area contributed by atoms with Crippen molar-refractivity contribution >= 4 is 28.5 Å². The van der Waals surface area contributed by atoms with Gasteiger partial charge in [0.25, 0.3) is 0 Å². The molecule has 0 bridgehead atoms. The molecule has 0 radical (unpaired) electrons. The van der Waals surface area contributed by atoms with E-state index in [4.69, 9.17) is 26.5 Å². The Hall–Kier alpha value is -3.44. The van der Waals surface area contributed by atoms with Crippen molar-refractivity contribution in [2.75, 3.05) is 7.11 Å². The summed E-state index contributed by atoms with van der Waals surface area (Å²) >= 11 is 6.32. The van der Waals surface area contributed by atoms with Crippen molar-refractivity contribution in [1.29, 1.82) is 0 Å². The topological polar surface area (TPSA) is 72.8 Å². The van der Waals surface area contributed by atoms with Crippen LogP contribution in [0.1, 0.15) is 34.1 Å². The number of rotatable bonds is 6. The highest BCUT2D eigenvalue weighted by Gasteiger charge is 2.23. The number of guanidine groups is 1. The van der Waals surface area contributed by atoms with E-state index in [0.717, 1.165) is 22.1 Å². The normalized spacial score (nSPS) is 12.7. The summed E-state index contributed by atoms with van der Waals surface area (Å²) in [5.41, 5.74) is 11.5. The SMILES string of the molecule is COc1ccc(Cl)cc1C(NC(N)=NCc1ccc(C)cc1C)c1cc2ccccc2o1. The number of benzene rings is 3. The molecule has 1 unspecified atom stereocenters. The second-order valence-corrected chi connectivity index (χ2v) is 8.22. The fraction of sp³-hybridized carbons (Fsp3) is 0.192. The number of nitrogens with two attached hydrogens (primary N) is 1. The molecule has 0 aliphatic rings. The number of ether oxygens (including phenoxy) is 1. The first-order chi connectivity index (χ1) is 15.4. The Bertz CT molecular complexity index is 1250. The van der Waals surface area contributed by atoms with Crippen molar-refractivity contribution < 1.29 is 9.15 Å². The molecule has 6 heteroatoms. The third-order valence-corrected chi connectivity index (χ3v) is 5.68. The number of fused-ring (bicyclic) bond motifs is 1. The van der Waals surface area contributed by atoms with Crippen molar-refractivity contribution in [3.05, 3.63) is 99.8 Å². The summed E-state index contributed by atoms with van der Waals surface area (Å²) in [7, 11) is 1.63. The molecule has 1 aromatic heterocycles. The summed E-state index contributed by atoms with van der Waals surface area (Å²) in [6.45, 7) is 4.63. The smallest absolute Gasteiger partial charge is 0.189 e.